The summed E-state index contributed by atoms with van der Waals surface area (Å²) >= 11 is 0. The third kappa shape index (κ3) is 3.25. The molecule has 5 heteroatoms. The van der Waals surface area contributed by atoms with Crippen molar-refractivity contribution in [2.45, 2.75) is 19.5 Å². The minimum Gasteiger partial charge on any atom is -0.334 e. The highest BCUT2D eigenvalue weighted by Crippen LogP contribution is 2.22. The van der Waals surface area contributed by atoms with Gasteiger partial charge in [0.25, 0.3) is 0 Å². The summed E-state index contributed by atoms with van der Waals surface area (Å²) in [7, 11) is 0. The minimum absolute atomic E-state index is 0.0186. The SMILES string of the molecule is C[C@H](Cn1cccn1)NC(=O)Nc1cccc2ccccc12. The average Bonchev–Trinajstić information content (AvgIpc) is 3.00. The van der Waals surface area contributed by atoms with Gasteiger partial charge in [-0.25, -0.2) is 4.79 Å². The molecule has 5 nitrogen and oxygen atoms in total. The Labute approximate surface area is 128 Å². The fraction of sp³-hybridized carbons (Fsp3) is 0.176. The number of anilines is 1. The number of benzene rings is 2. The second-order valence-electron chi connectivity index (χ2n) is 5.25. The molecule has 3 aromatic rings. The molecule has 112 valence electrons. The molecular formula is C17H18N4O. The molecule has 3 rings (SSSR count). The Hall–Kier alpha value is -2.82. The summed E-state index contributed by atoms with van der Waals surface area (Å²) in [5.74, 6) is 0. The van der Waals surface area contributed by atoms with Gasteiger partial charge in [-0.3, -0.25) is 4.68 Å². The van der Waals surface area contributed by atoms with E-state index in [-0.39, 0.29) is 12.1 Å². The van der Waals surface area contributed by atoms with E-state index in [9.17, 15) is 4.79 Å². The van der Waals surface area contributed by atoms with Crippen LogP contribution >= 0.6 is 0 Å². The lowest BCUT2D eigenvalue weighted by atomic mass is 10.1. The van der Waals surface area contributed by atoms with E-state index in [4.69, 9.17) is 0 Å². The largest absolute Gasteiger partial charge is 0.334 e. The number of aromatic nitrogens is 2. The van der Waals surface area contributed by atoms with Crippen molar-refractivity contribution >= 4 is 22.5 Å². The van der Waals surface area contributed by atoms with Gasteiger partial charge in [-0.15, -0.1) is 0 Å². The lowest BCUT2D eigenvalue weighted by molar-refractivity contribution is 0.247. The maximum Gasteiger partial charge on any atom is 0.319 e. The van der Waals surface area contributed by atoms with E-state index >= 15 is 0 Å². The van der Waals surface area contributed by atoms with Crippen LogP contribution in [0.1, 0.15) is 6.92 Å². The predicted octanol–water partition coefficient (Wildman–Crippen LogP) is 3.25. The fourth-order valence-corrected chi connectivity index (χ4v) is 2.45. The van der Waals surface area contributed by atoms with Gasteiger partial charge < -0.3 is 10.6 Å². The number of urea groups is 1. The Morgan fingerprint density at radius 3 is 2.82 bits per heavy atom. The van der Waals surface area contributed by atoms with Gasteiger partial charge in [0.1, 0.15) is 0 Å². The summed E-state index contributed by atoms with van der Waals surface area (Å²) in [4.78, 5) is 12.1. The number of fused-ring (bicyclic) bond motifs is 1. The van der Waals surface area contributed by atoms with Gasteiger partial charge in [-0.05, 0) is 24.4 Å². The molecule has 0 saturated heterocycles. The normalized spacial score (nSPS) is 12.0. The molecule has 0 fully saturated rings. The summed E-state index contributed by atoms with van der Waals surface area (Å²) < 4.78 is 1.79. The van der Waals surface area contributed by atoms with E-state index in [2.05, 4.69) is 15.7 Å². The fourth-order valence-electron chi connectivity index (χ4n) is 2.45. The monoisotopic (exact) mass is 294 g/mol. The van der Waals surface area contributed by atoms with Crippen molar-refractivity contribution in [3.05, 3.63) is 60.9 Å². The van der Waals surface area contributed by atoms with Gasteiger partial charge in [0.05, 0.1) is 12.2 Å². The van der Waals surface area contributed by atoms with Crippen molar-refractivity contribution < 1.29 is 4.79 Å². The molecule has 22 heavy (non-hydrogen) atoms. The van der Waals surface area contributed by atoms with Crippen LogP contribution in [-0.2, 0) is 6.54 Å². The summed E-state index contributed by atoms with van der Waals surface area (Å²) in [6.07, 6.45) is 3.60. The zero-order valence-electron chi connectivity index (χ0n) is 12.4. The molecule has 0 unspecified atom stereocenters. The molecule has 2 N–H and O–H groups in total. The van der Waals surface area contributed by atoms with E-state index in [0.29, 0.717) is 6.54 Å². The van der Waals surface area contributed by atoms with Gasteiger partial charge in [0, 0.05) is 23.8 Å². The molecule has 0 aliphatic heterocycles. The number of rotatable bonds is 4. The molecule has 1 atom stereocenters. The number of hydrogen-bond donors (Lipinski definition) is 2. The summed E-state index contributed by atoms with van der Waals surface area (Å²) in [6.45, 7) is 2.58. The van der Waals surface area contributed by atoms with E-state index < -0.39 is 0 Å². The van der Waals surface area contributed by atoms with Crippen LogP contribution in [0.2, 0.25) is 0 Å². The molecule has 0 bridgehead atoms. The van der Waals surface area contributed by atoms with Crippen LogP contribution in [0.25, 0.3) is 10.8 Å². The van der Waals surface area contributed by atoms with Gasteiger partial charge in [0.2, 0.25) is 0 Å². The molecule has 2 amide bonds. The van der Waals surface area contributed by atoms with Crippen LogP contribution in [0.4, 0.5) is 10.5 Å². The molecule has 1 heterocycles. The van der Waals surface area contributed by atoms with E-state index in [1.165, 1.54) is 0 Å². The summed E-state index contributed by atoms with van der Waals surface area (Å²) in [5.41, 5.74) is 0.807. The van der Waals surface area contributed by atoms with Gasteiger partial charge >= 0.3 is 6.03 Å². The van der Waals surface area contributed by atoms with Gasteiger partial charge in [0.15, 0.2) is 0 Å². The Morgan fingerprint density at radius 1 is 1.18 bits per heavy atom. The number of carbonyl (C=O) groups excluding carboxylic acids is 1. The first-order valence-corrected chi connectivity index (χ1v) is 7.25. The highest BCUT2D eigenvalue weighted by molar-refractivity contribution is 6.01. The van der Waals surface area contributed by atoms with Gasteiger partial charge in [-0.2, -0.15) is 5.10 Å². The van der Waals surface area contributed by atoms with Crippen LogP contribution in [0.5, 0.6) is 0 Å². The lowest BCUT2D eigenvalue weighted by Crippen LogP contribution is -2.38. The first-order chi connectivity index (χ1) is 10.7. The second-order valence-corrected chi connectivity index (χ2v) is 5.25. The van der Waals surface area contributed by atoms with Crippen LogP contribution in [0, 0.1) is 0 Å². The smallest absolute Gasteiger partial charge is 0.319 e. The standard InChI is InChI=1S/C17H18N4O/c1-13(12-21-11-5-10-18-21)19-17(22)20-16-9-4-7-14-6-2-3-8-15(14)16/h2-11,13H,12H2,1H3,(H2,19,20,22)/t13-/m1/s1. The maximum atomic E-state index is 12.1. The topological polar surface area (TPSA) is 59.0 Å². The quantitative estimate of drug-likeness (QED) is 0.776. The van der Waals surface area contributed by atoms with E-state index in [1.807, 2.05) is 61.7 Å². The van der Waals surface area contributed by atoms with E-state index in [0.717, 1.165) is 16.5 Å². The summed E-state index contributed by atoms with van der Waals surface area (Å²) in [6, 6.07) is 15.5. The Morgan fingerprint density at radius 2 is 2.00 bits per heavy atom. The summed E-state index contributed by atoms with van der Waals surface area (Å²) in [5, 5.41) is 12.1. The van der Waals surface area contributed by atoms with Crippen molar-refractivity contribution in [1.82, 2.24) is 15.1 Å². The average molecular weight is 294 g/mol. The van der Waals surface area contributed by atoms with Crippen LogP contribution in [0.15, 0.2) is 60.9 Å². The van der Waals surface area contributed by atoms with E-state index in [1.54, 1.807) is 10.9 Å². The number of carbonyl (C=O) groups is 1. The Kier molecular flexibility index (Phi) is 4.05. The van der Waals surface area contributed by atoms with Gasteiger partial charge in [-0.1, -0.05) is 36.4 Å². The predicted molar refractivity (Wildman–Crippen MR) is 87.8 cm³/mol. The Balaban J connectivity index is 1.65. The van der Waals surface area contributed by atoms with Crippen molar-refractivity contribution in [1.29, 1.82) is 0 Å². The van der Waals surface area contributed by atoms with Crippen molar-refractivity contribution in [3.8, 4) is 0 Å². The molecule has 0 aliphatic rings. The Bertz CT molecular complexity index is 762. The zero-order chi connectivity index (χ0) is 15.4. The molecule has 2 aromatic carbocycles. The second kappa shape index (κ2) is 6.30. The molecule has 0 saturated carbocycles. The van der Waals surface area contributed by atoms with Crippen molar-refractivity contribution in [2.75, 3.05) is 5.32 Å². The number of amides is 2. The molecule has 1 aromatic heterocycles. The number of nitrogens with one attached hydrogen (secondary N) is 2. The van der Waals surface area contributed by atoms with Crippen LogP contribution in [-0.4, -0.2) is 21.9 Å². The first-order valence-electron chi connectivity index (χ1n) is 7.25. The number of hydrogen-bond acceptors (Lipinski definition) is 2. The van der Waals surface area contributed by atoms with Crippen molar-refractivity contribution in [3.63, 3.8) is 0 Å². The highest BCUT2D eigenvalue weighted by Gasteiger charge is 2.09. The van der Waals surface area contributed by atoms with Crippen LogP contribution < -0.4 is 10.6 Å². The lowest BCUT2D eigenvalue weighted by Gasteiger charge is -2.15. The molecule has 0 spiro atoms. The third-order valence-corrected chi connectivity index (χ3v) is 3.44. The molecule has 0 radical (unpaired) electrons. The minimum atomic E-state index is -0.212. The van der Waals surface area contributed by atoms with Crippen molar-refractivity contribution in [2.24, 2.45) is 0 Å². The highest BCUT2D eigenvalue weighted by atomic mass is 16.2. The number of nitrogens with zero attached hydrogens (tertiary/aromatic N) is 2. The zero-order valence-corrected chi connectivity index (χ0v) is 12.4. The molecule has 0 aliphatic carbocycles. The first kappa shape index (κ1) is 14.1. The maximum absolute atomic E-state index is 12.1. The molecular weight excluding hydrogens is 276 g/mol. The van der Waals surface area contributed by atoms with Crippen LogP contribution in [0.3, 0.4) is 0 Å². The third-order valence-electron chi connectivity index (χ3n) is 3.44.